The van der Waals surface area contributed by atoms with Gasteiger partial charge in [-0.2, -0.15) is 0 Å². The van der Waals surface area contributed by atoms with Crippen LogP contribution in [0.2, 0.25) is 0 Å². The number of Topliss-reactive ketones (excluding diaryl/α,β-unsaturated/α-hetero) is 1. The molecule has 1 unspecified atom stereocenters. The van der Waals surface area contributed by atoms with Crippen molar-refractivity contribution in [3.05, 3.63) is 35.1 Å². The second kappa shape index (κ2) is 9.65. The zero-order valence-electron chi connectivity index (χ0n) is 15.7. The lowest BCUT2D eigenvalue weighted by Crippen LogP contribution is -2.45. The summed E-state index contributed by atoms with van der Waals surface area (Å²) in [6.45, 7) is 1.25. The van der Waals surface area contributed by atoms with Gasteiger partial charge in [0.2, 0.25) is 0 Å². The molecule has 0 radical (unpaired) electrons. The van der Waals surface area contributed by atoms with E-state index in [9.17, 15) is 18.0 Å². The number of hydrogen-bond acceptors (Lipinski definition) is 6. The van der Waals surface area contributed by atoms with E-state index in [1.165, 1.54) is 19.2 Å². The van der Waals surface area contributed by atoms with Crippen LogP contribution >= 0.6 is 0 Å². The van der Waals surface area contributed by atoms with E-state index >= 15 is 0 Å². The zero-order valence-corrected chi connectivity index (χ0v) is 15.7. The molecule has 0 spiro atoms. The van der Waals surface area contributed by atoms with E-state index in [4.69, 9.17) is 25.1 Å². The molecule has 1 aliphatic heterocycles. The first-order valence-corrected chi connectivity index (χ1v) is 8.24. The van der Waals surface area contributed by atoms with Crippen LogP contribution in [0.4, 0.5) is 13.2 Å². The molecule has 28 heavy (non-hydrogen) atoms. The lowest BCUT2D eigenvalue weighted by Gasteiger charge is -2.33. The van der Waals surface area contributed by atoms with Crippen LogP contribution in [0.25, 0.3) is 0 Å². The Labute approximate surface area is 160 Å². The second-order valence-electron chi connectivity index (χ2n) is 6.31. The van der Waals surface area contributed by atoms with E-state index in [1.54, 1.807) is 6.92 Å². The fraction of sp³-hybridized carbons (Fsp3) is 0.500. The molecule has 3 N–H and O–H groups in total. The molecular formula is C18H23F3N2O5. The van der Waals surface area contributed by atoms with Crippen molar-refractivity contribution in [2.45, 2.75) is 37.8 Å². The topological polar surface area (TPSA) is 111 Å². The van der Waals surface area contributed by atoms with Crippen molar-refractivity contribution in [2.24, 2.45) is 10.7 Å². The molecule has 2 rings (SSSR count). The van der Waals surface area contributed by atoms with Gasteiger partial charge < -0.3 is 20.3 Å². The number of amidine groups is 1. The maximum atomic E-state index is 14.6. The quantitative estimate of drug-likeness (QED) is 0.726. The van der Waals surface area contributed by atoms with Gasteiger partial charge in [0.05, 0.1) is 0 Å². The van der Waals surface area contributed by atoms with Gasteiger partial charge in [0.25, 0.3) is 12.4 Å². The number of hydrogen-bond donors (Lipinski definition) is 2. The van der Waals surface area contributed by atoms with Crippen molar-refractivity contribution in [1.82, 2.24) is 0 Å². The van der Waals surface area contributed by atoms with Gasteiger partial charge in [-0.25, -0.2) is 13.2 Å². The molecule has 0 saturated carbocycles. The van der Waals surface area contributed by atoms with Crippen LogP contribution in [0, 0.1) is 5.82 Å². The number of benzene rings is 1. The highest BCUT2D eigenvalue weighted by Gasteiger charge is 2.54. The number of aliphatic imine (C=N–C) groups is 1. The molecule has 0 aromatic heterocycles. The smallest absolute Gasteiger partial charge is 0.299 e. The summed E-state index contributed by atoms with van der Waals surface area (Å²) in [5.41, 5.74) is 3.42. The number of carboxylic acid groups (broad SMARTS) is 1. The third-order valence-electron chi connectivity index (χ3n) is 4.35. The average Bonchev–Trinajstić information content (AvgIpc) is 2.72. The Hall–Kier alpha value is -2.46. The first-order valence-electron chi connectivity index (χ1n) is 8.24. The summed E-state index contributed by atoms with van der Waals surface area (Å²) in [6, 6.07) is 3.65. The minimum atomic E-state index is -3.47. The molecule has 0 saturated heterocycles. The molecule has 0 aliphatic carbocycles. The molecule has 1 aromatic rings. The van der Waals surface area contributed by atoms with Gasteiger partial charge >= 0.3 is 0 Å². The number of ether oxygens (including phenoxy) is 2. The van der Waals surface area contributed by atoms with Gasteiger partial charge in [-0.05, 0) is 31.5 Å². The molecule has 10 heteroatoms. The largest absolute Gasteiger partial charge is 0.483 e. The van der Waals surface area contributed by atoms with Gasteiger partial charge in [-0.15, -0.1) is 0 Å². The van der Waals surface area contributed by atoms with Gasteiger partial charge in [-0.1, -0.05) is 6.07 Å². The Bertz CT molecular complexity index is 742. The van der Waals surface area contributed by atoms with Crippen LogP contribution < -0.4 is 5.73 Å². The highest BCUT2D eigenvalue weighted by Crippen LogP contribution is 2.43. The lowest BCUT2D eigenvalue weighted by molar-refractivity contribution is -0.127. The summed E-state index contributed by atoms with van der Waals surface area (Å²) >= 11 is 0. The van der Waals surface area contributed by atoms with Crippen molar-refractivity contribution in [2.75, 3.05) is 20.3 Å². The van der Waals surface area contributed by atoms with Gasteiger partial charge in [-0.3, -0.25) is 14.6 Å². The molecule has 1 aromatic carbocycles. The number of halogens is 3. The zero-order chi connectivity index (χ0) is 21.5. The summed E-state index contributed by atoms with van der Waals surface area (Å²) < 4.78 is 53.3. The first-order chi connectivity index (χ1) is 13.0. The molecule has 0 fully saturated rings. The van der Waals surface area contributed by atoms with Crippen molar-refractivity contribution < 1.29 is 37.3 Å². The van der Waals surface area contributed by atoms with E-state index in [0.717, 1.165) is 13.0 Å². The number of alkyl halides is 2. The third-order valence-corrected chi connectivity index (χ3v) is 4.35. The van der Waals surface area contributed by atoms with Crippen molar-refractivity contribution in [1.29, 1.82) is 0 Å². The number of nitrogens with zero attached hydrogens (tertiary/aromatic N) is 1. The van der Waals surface area contributed by atoms with Crippen molar-refractivity contribution in [3.8, 4) is 0 Å². The normalized spacial score (nSPS) is 22.1. The molecule has 7 nitrogen and oxygen atoms in total. The lowest BCUT2D eigenvalue weighted by atomic mass is 9.84. The Morgan fingerprint density at radius 1 is 1.50 bits per heavy atom. The maximum Gasteiger partial charge on any atom is 0.299 e. The highest BCUT2D eigenvalue weighted by atomic mass is 19.3. The third kappa shape index (κ3) is 5.29. The van der Waals surface area contributed by atoms with E-state index < -0.39 is 30.0 Å². The first kappa shape index (κ1) is 23.6. The maximum absolute atomic E-state index is 14.6. The number of nitrogens with two attached hydrogens (primary N) is 1. The Balaban J connectivity index is 0.00000122. The van der Waals surface area contributed by atoms with Gasteiger partial charge in [0, 0.05) is 19.1 Å². The van der Waals surface area contributed by atoms with Crippen LogP contribution in [0.3, 0.4) is 0 Å². The molecule has 0 bridgehead atoms. The minimum absolute atomic E-state index is 0.0698. The Kier molecular flexibility index (Phi) is 8.13. The number of carbonyl (C=O) groups is 2. The molecule has 0 amide bonds. The number of carbonyl (C=O) groups excluding carboxylic acids is 1. The highest BCUT2D eigenvalue weighted by molar-refractivity contribution is 5.85. The fourth-order valence-electron chi connectivity index (χ4n) is 2.61. The summed E-state index contributed by atoms with van der Waals surface area (Å²) in [4.78, 5) is 24.2. The minimum Gasteiger partial charge on any atom is -0.483 e. The summed E-state index contributed by atoms with van der Waals surface area (Å²) in [7, 11) is 1.39. The molecule has 1 heterocycles. The average molecular weight is 404 g/mol. The van der Waals surface area contributed by atoms with Crippen LogP contribution in [0.1, 0.15) is 25.0 Å². The molecule has 1 aliphatic rings. The number of methoxy groups -OCH3 is 1. The summed E-state index contributed by atoms with van der Waals surface area (Å²) in [5.74, 6) is -4.72. The number of rotatable bonds is 5. The Morgan fingerprint density at radius 2 is 2.11 bits per heavy atom. The predicted octanol–water partition coefficient (Wildman–Crippen LogP) is 1.91. The van der Waals surface area contributed by atoms with E-state index in [0.29, 0.717) is 5.56 Å². The molecule has 156 valence electrons. The van der Waals surface area contributed by atoms with Crippen LogP contribution in [-0.2, 0) is 31.0 Å². The number of ketones is 1. The van der Waals surface area contributed by atoms with Crippen LogP contribution in [0.5, 0.6) is 0 Å². The monoisotopic (exact) mass is 404 g/mol. The van der Waals surface area contributed by atoms with Crippen molar-refractivity contribution >= 4 is 18.1 Å². The van der Waals surface area contributed by atoms with E-state index in [1.807, 2.05) is 0 Å². The summed E-state index contributed by atoms with van der Waals surface area (Å²) in [5, 5.41) is 6.89. The van der Waals surface area contributed by atoms with Crippen LogP contribution in [0.15, 0.2) is 23.2 Å². The predicted molar refractivity (Wildman–Crippen MR) is 95.0 cm³/mol. The van der Waals surface area contributed by atoms with Crippen LogP contribution in [-0.4, -0.2) is 55.5 Å². The van der Waals surface area contributed by atoms with Crippen molar-refractivity contribution in [3.63, 3.8) is 0 Å². The van der Waals surface area contributed by atoms with E-state index in [2.05, 4.69) is 4.99 Å². The summed E-state index contributed by atoms with van der Waals surface area (Å²) in [6.07, 6.45) is -0.718. The fourth-order valence-corrected chi connectivity index (χ4v) is 2.61. The van der Waals surface area contributed by atoms with Gasteiger partial charge in [0.15, 0.2) is 11.3 Å². The Morgan fingerprint density at radius 3 is 2.68 bits per heavy atom. The van der Waals surface area contributed by atoms with Gasteiger partial charge in [0.1, 0.15) is 31.0 Å². The standard InChI is InChI=1S/C17H21F3N2O3.CH2O2/c1-10(24-3)14(23)7-11-4-5-13(18)12(6-11)16(2)17(19,20)9-25-8-15(21)22-16;2-1-3/h4-6,10H,7-9H2,1-3H3,(H2,21,22);1H,(H,2,3)/t10?,16-;/m1./s1. The SMILES string of the molecule is COC(C)C(=O)Cc1ccc(F)c([C@@]2(C)N=C(N)COCC2(F)F)c1.O=CO. The molecule has 2 atom stereocenters. The van der Waals surface area contributed by atoms with E-state index in [-0.39, 0.29) is 36.7 Å². The second-order valence-corrected chi connectivity index (χ2v) is 6.31. The molecular weight excluding hydrogens is 381 g/mol.